The standard InChI is InChI=1S/C7H8N2O.2ClH.Zn/c1-10-7-4-2-6(9-8)3-5-7;;;/h2,4-5H,3H2,1H3;2*1H;/q;;;+2/p-2. The van der Waals surface area contributed by atoms with Gasteiger partial charge in [0.25, 0.3) is 5.71 Å². The van der Waals surface area contributed by atoms with Gasteiger partial charge in [0.2, 0.25) is 0 Å². The minimum Gasteiger partial charge on any atom is -1.00 e. The summed E-state index contributed by atoms with van der Waals surface area (Å²) in [6.07, 6.45) is 5.97. The molecule has 1 aliphatic carbocycles. The fourth-order valence-corrected chi connectivity index (χ4v) is 0.745. The molecule has 0 N–H and O–H groups in total. The molecule has 0 fully saturated rings. The van der Waals surface area contributed by atoms with Gasteiger partial charge < -0.3 is 35.1 Å². The summed E-state index contributed by atoms with van der Waals surface area (Å²) in [5.74, 6) is 0.812. The molecule has 0 aromatic rings. The Labute approximate surface area is 102 Å². The average Bonchev–Trinajstić information content (AvgIpc) is 2.05. The molecule has 0 bridgehead atoms. The Kier molecular flexibility index (Phi) is 14.2. The molecular weight excluding hydrogens is 264 g/mol. The van der Waals surface area contributed by atoms with Crippen LogP contribution in [0.15, 0.2) is 24.0 Å². The van der Waals surface area contributed by atoms with Crippen molar-refractivity contribution < 1.29 is 53.8 Å². The molecule has 0 amide bonds. The summed E-state index contributed by atoms with van der Waals surface area (Å²) in [4.78, 5) is 3.05. The van der Waals surface area contributed by atoms with Crippen molar-refractivity contribution in [3.63, 3.8) is 0 Å². The van der Waals surface area contributed by atoms with Crippen molar-refractivity contribution in [3.05, 3.63) is 29.5 Å². The largest absolute Gasteiger partial charge is 2.00 e. The SMILES string of the molecule is COC1=CCC(=[N+]=[N-])C=C1.[Cl-].[Cl-].[Zn+2]. The number of nitrogens with zero attached hydrogens (tertiary/aromatic N) is 2. The van der Waals surface area contributed by atoms with Crippen LogP contribution < -0.4 is 24.8 Å². The molecule has 1 aliphatic rings. The zero-order chi connectivity index (χ0) is 7.40. The van der Waals surface area contributed by atoms with E-state index in [1.807, 2.05) is 6.08 Å². The van der Waals surface area contributed by atoms with Crippen LogP contribution in [-0.4, -0.2) is 17.6 Å². The number of hydrogen-bond donors (Lipinski definition) is 0. The predicted molar refractivity (Wildman–Crippen MR) is 37.5 cm³/mol. The molecule has 3 nitrogen and oxygen atoms in total. The van der Waals surface area contributed by atoms with Crippen LogP contribution in [0.1, 0.15) is 6.42 Å². The van der Waals surface area contributed by atoms with E-state index in [4.69, 9.17) is 10.3 Å². The van der Waals surface area contributed by atoms with Crippen molar-refractivity contribution >= 4 is 5.71 Å². The third-order valence-corrected chi connectivity index (χ3v) is 1.32. The van der Waals surface area contributed by atoms with E-state index in [-0.39, 0.29) is 44.3 Å². The number of ether oxygens (including phenoxy) is 1. The summed E-state index contributed by atoms with van der Waals surface area (Å²) in [5.41, 5.74) is 8.97. The van der Waals surface area contributed by atoms with Crippen molar-refractivity contribution in [3.8, 4) is 0 Å². The normalized spacial score (nSPS) is 12.4. The Morgan fingerprint density at radius 1 is 1.38 bits per heavy atom. The van der Waals surface area contributed by atoms with Crippen LogP contribution in [-0.2, 0) is 24.2 Å². The first kappa shape index (κ1) is 18.6. The third-order valence-electron chi connectivity index (χ3n) is 1.32. The van der Waals surface area contributed by atoms with E-state index in [1.165, 1.54) is 0 Å². The summed E-state index contributed by atoms with van der Waals surface area (Å²) in [5, 5.41) is 0. The smallest absolute Gasteiger partial charge is 1.00 e. The topological polar surface area (TPSA) is 45.6 Å². The monoisotopic (exact) mass is 270 g/mol. The van der Waals surface area contributed by atoms with Crippen molar-refractivity contribution in [1.29, 1.82) is 0 Å². The Bertz CT molecular complexity index is 244. The maximum Gasteiger partial charge on any atom is 2.00 e. The van der Waals surface area contributed by atoms with Crippen molar-refractivity contribution in [2.45, 2.75) is 6.42 Å². The Hall–Kier alpha value is -0.137. The van der Waals surface area contributed by atoms with E-state index in [2.05, 4.69) is 4.79 Å². The van der Waals surface area contributed by atoms with E-state index >= 15 is 0 Å². The quantitative estimate of drug-likeness (QED) is 0.268. The number of hydrogen-bond acceptors (Lipinski definition) is 1. The third kappa shape index (κ3) is 6.01. The summed E-state index contributed by atoms with van der Waals surface area (Å²) < 4.78 is 4.92. The fourth-order valence-electron chi connectivity index (χ4n) is 0.745. The molecule has 0 radical (unpaired) electrons. The minimum absolute atomic E-state index is 0. The minimum atomic E-state index is 0. The molecule has 68 valence electrons. The maximum atomic E-state index is 8.32. The number of rotatable bonds is 1. The fraction of sp³-hybridized carbons (Fsp3) is 0.286. The van der Waals surface area contributed by atoms with Gasteiger partial charge >= 0.3 is 19.5 Å². The van der Waals surface area contributed by atoms with Gasteiger partial charge in [-0.15, -0.1) is 0 Å². The summed E-state index contributed by atoms with van der Waals surface area (Å²) in [6.45, 7) is 0. The molecule has 1 rings (SSSR count). The number of methoxy groups -OCH3 is 1. The second kappa shape index (κ2) is 9.95. The second-order valence-corrected chi connectivity index (χ2v) is 1.94. The molecule has 0 spiro atoms. The molecule has 0 atom stereocenters. The Balaban J connectivity index is -0.000000333. The van der Waals surface area contributed by atoms with Crippen molar-refractivity contribution in [2.24, 2.45) is 0 Å². The summed E-state index contributed by atoms with van der Waals surface area (Å²) >= 11 is 0. The maximum absolute atomic E-state index is 8.32. The van der Waals surface area contributed by atoms with Crippen LogP contribution in [0.5, 0.6) is 0 Å². The molecule has 0 saturated heterocycles. The van der Waals surface area contributed by atoms with Gasteiger partial charge in [0.15, 0.2) is 0 Å². The van der Waals surface area contributed by atoms with Crippen LogP contribution in [0.25, 0.3) is 5.53 Å². The Morgan fingerprint density at radius 3 is 2.31 bits per heavy atom. The molecule has 0 saturated carbocycles. The van der Waals surface area contributed by atoms with Gasteiger partial charge in [0.1, 0.15) is 5.76 Å². The molecule has 0 unspecified atom stereocenters. The van der Waals surface area contributed by atoms with Crippen LogP contribution in [0.2, 0.25) is 0 Å². The van der Waals surface area contributed by atoms with E-state index in [0.717, 1.165) is 5.76 Å². The summed E-state index contributed by atoms with van der Waals surface area (Å²) in [6, 6.07) is 0. The zero-order valence-corrected chi connectivity index (χ0v) is 11.7. The van der Waals surface area contributed by atoms with Gasteiger partial charge in [-0.3, -0.25) is 0 Å². The predicted octanol–water partition coefficient (Wildman–Crippen LogP) is -4.85. The second-order valence-electron chi connectivity index (χ2n) is 1.94. The van der Waals surface area contributed by atoms with E-state index in [1.54, 1.807) is 19.3 Å². The molecule has 6 heteroatoms. The van der Waals surface area contributed by atoms with Crippen LogP contribution in [0.4, 0.5) is 0 Å². The van der Waals surface area contributed by atoms with Crippen LogP contribution >= 0.6 is 0 Å². The van der Waals surface area contributed by atoms with Gasteiger partial charge in [-0.2, -0.15) is 4.79 Å². The molecule has 0 aromatic heterocycles. The number of halogens is 2. The van der Waals surface area contributed by atoms with E-state index < -0.39 is 0 Å². The zero-order valence-electron chi connectivity index (χ0n) is 7.20. The van der Waals surface area contributed by atoms with Gasteiger partial charge in [-0.1, -0.05) is 0 Å². The molecule has 13 heavy (non-hydrogen) atoms. The molecule has 0 aromatic carbocycles. The van der Waals surface area contributed by atoms with E-state index in [0.29, 0.717) is 12.1 Å². The van der Waals surface area contributed by atoms with Gasteiger partial charge in [-0.25, -0.2) is 0 Å². The first-order valence-corrected chi connectivity index (χ1v) is 3.00. The average molecular weight is 272 g/mol. The molecular formula is C7H8Cl2N2OZn. The molecule has 0 heterocycles. The van der Waals surface area contributed by atoms with Crippen LogP contribution in [0, 0.1) is 0 Å². The van der Waals surface area contributed by atoms with Crippen molar-refractivity contribution in [2.75, 3.05) is 7.11 Å². The Morgan fingerprint density at radius 2 is 2.00 bits per heavy atom. The van der Waals surface area contributed by atoms with Crippen LogP contribution in [0.3, 0.4) is 0 Å². The van der Waals surface area contributed by atoms with Gasteiger partial charge in [-0.05, 0) is 12.2 Å². The van der Waals surface area contributed by atoms with Gasteiger partial charge in [0, 0.05) is 6.08 Å². The molecule has 0 aliphatic heterocycles. The van der Waals surface area contributed by atoms with E-state index in [9.17, 15) is 0 Å². The summed E-state index contributed by atoms with van der Waals surface area (Å²) in [7, 11) is 1.61. The van der Waals surface area contributed by atoms with Crippen molar-refractivity contribution in [1.82, 2.24) is 0 Å². The first-order chi connectivity index (χ1) is 4.86. The number of allylic oxidation sites excluding steroid dienone is 3. The van der Waals surface area contributed by atoms with Gasteiger partial charge in [0.05, 0.1) is 13.5 Å². The first-order valence-electron chi connectivity index (χ1n) is 3.00.